The van der Waals surface area contributed by atoms with Crippen molar-refractivity contribution < 1.29 is 13.5 Å². The van der Waals surface area contributed by atoms with Gasteiger partial charge in [-0.1, -0.05) is 0 Å². The van der Waals surface area contributed by atoms with Gasteiger partial charge in [0.1, 0.15) is 5.75 Å². The van der Waals surface area contributed by atoms with Gasteiger partial charge < -0.3 is 20.3 Å². The van der Waals surface area contributed by atoms with Gasteiger partial charge in [-0.2, -0.15) is 8.78 Å². The molecule has 1 heterocycles. The predicted octanol–water partition coefficient (Wildman–Crippen LogP) is 2.58. The van der Waals surface area contributed by atoms with E-state index in [1.54, 1.807) is 24.3 Å². The van der Waals surface area contributed by atoms with Gasteiger partial charge in [0.05, 0.1) is 6.67 Å². The van der Waals surface area contributed by atoms with Crippen molar-refractivity contribution in [2.45, 2.75) is 19.5 Å². The first-order chi connectivity index (χ1) is 9.69. The van der Waals surface area contributed by atoms with Crippen molar-refractivity contribution in [3.63, 3.8) is 0 Å². The SMILES string of the molecule is NCCCCN1C=CN(c2ccc(OC(F)F)cc2)C1. The molecule has 2 rings (SSSR count). The lowest BCUT2D eigenvalue weighted by atomic mass is 10.3. The molecule has 20 heavy (non-hydrogen) atoms. The van der Waals surface area contributed by atoms with Crippen LogP contribution in [0.25, 0.3) is 0 Å². The van der Waals surface area contributed by atoms with Crippen LogP contribution in [0.3, 0.4) is 0 Å². The summed E-state index contributed by atoms with van der Waals surface area (Å²) in [5.41, 5.74) is 6.42. The third kappa shape index (κ3) is 4.09. The highest BCUT2D eigenvalue weighted by molar-refractivity contribution is 5.52. The Hall–Kier alpha value is -1.82. The van der Waals surface area contributed by atoms with E-state index in [1.807, 2.05) is 12.4 Å². The van der Waals surface area contributed by atoms with Crippen molar-refractivity contribution in [2.75, 3.05) is 24.7 Å². The molecule has 0 aromatic heterocycles. The minimum atomic E-state index is -2.79. The summed E-state index contributed by atoms with van der Waals surface area (Å²) >= 11 is 0. The Labute approximate surface area is 117 Å². The number of rotatable bonds is 7. The van der Waals surface area contributed by atoms with Crippen LogP contribution in [0.2, 0.25) is 0 Å². The van der Waals surface area contributed by atoms with Crippen LogP contribution in [0.15, 0.2) is 36.7 Å². The van der Waals surface area contributed by atoms with Crippen molar-refractivity contribution >= 4 is 5.69 Å². The van der Waals surface area contributed by atoms with E-state index in [9.17, 15) is 8.78 Å². The number of unbranched alkanes of at least 4 members (excludes halogenated alkanes) is 1. The Bertz CT molecular complexity index is 437. The molecular formula is C14H19F2N3O. The number of hydrogen-bond donors (Lipinski definition) is 1. The van der Waals surface area contributed by atoms with Crippen LogP contribution in [-0.2, 0) is 0 Å². The molecule has 6 heteroatoms. The normalized spacial score (nSPS) is 14.4. The van der Waals surface area contributed by atoms with Crippen molar-refractivity contribution in [3.05, 3.63) is 36.7 Å². The van der Waals surface area contributed by atoms with Gasteiger partial charge in [-0.15, -0.1) is 0 Å². The molecule has 4 nitrogen and oxygen atoms in total. The van der Waals surface area contributed by atoms with Crippen molar-refractivity contribution in [2.24, 2.45) is 5.73 Å². The van der Waals surface area contributed by atoms with Crippen LogP contribution < -0.4 is 15.4 Å². The average molecular weight is 283 g/mol. The zero-order chi connectivity index (χ0) is 14.4. The van der Waals surface area contributed by atoms with Crippen LogP contribution in [0.5, 0.6) is 5.75 Å². The van der Waals surface area contributed by atoms with E-state index in [0.717, 1.165) is 31.7 Å². The number of ether oxygens (including phenoxy) is 1. The van der Waals surface area contributed by atoms with Crippen molar-refractivity contribution in [1.82, 2.24) is 4.90 Å². The molecule has 0 saturated carbocycles. The molecule has 0 amide bonds. The van der Waals surface area contributed by atoms with E-state index < -0.39 is 6.61 Å². The first kappa shape index (κ1) is 14.6. The summed E-state index contributed by atoms with van der Waals surface area (Å²) in [5, 5.41) is 0. The van der Waals surface area contributed by atoms with Gasteiger partial charge in [-0.3, -0.25) is 0 Å². The Balaban J connectivity index is 1.85. The maximum Gasteiger partial charge on any atom is 0.387 e. The van der Waals surface area contributed by atoms with Gasteiger partial charge in [0.2, 0.25) is 0 Å². The highest BCUT2D eigenvalue weighted by Gasteiger charge is 2.13. The lowest BCUT2D eigenvalue weighted by Gasteiger charge is -2.21. The highest BCUT2D eigenvalue weighted by atomic mass is 19.3. The summed E-state index contributed by atoms with van der Waals surface area (Å²) in [7, 11) is 0. The molecule has 1 aromatic rings. The van der Waals surface area contributed by atoms with Gasteiger partial charge in [0, 0.05) is 24.6 Å². The zero-order valence-electron chi connectivity index (χ0n) is 11.2. The molecule has 0 unspecified atom stereocenters. The minimum Gasteiger partial charge on any atom is -0.435 e. The lowest BCUT2D eigenvalue weighted by molar-refractivity contribution is -0.0498. The zero-order valence-corrected chi connectivity index (χ0v) is 11.2. The molecule has 1 aliphatic heterocycles. The number of nitrogens with two attached hydrogens (primary N) is 1. The summed E-state index contributed by atoms with van der Waals surface area (Å²) in [5.74, 6) is 0.173. The molecule has 110 valence electrons. The quantitative estimate of drug-likeness (QED) is 0.781. The Morgan fingerprint density at radius 3 is 2.55 bits per heavy atom. The topological polar surface area (TPSA) is 41.7 Å². The molecule has 0 fully saturated rings. The Kier molecular flexibility index (Phi) is 5.17. The second-order valence-electron chi connectivity index (χ2n) is 4.59. The summed E-state index contributed by atoms with van der Waals surface area (Å²) < 4.78 is 28.4. The maximum atomic E-state index is 12.1. The predicted molar refractivity (Wildman–Crippen MR) is 74.6 cm³/mol. The second-order valence-corrected chi connectivity index (χ2v) is 4.59. The van der Waals surface area contributed by atoms with Crippen LogP contribution in [0.1, 0.15) is 12.8 Å². The van der Waals surface area contributed by atoms with Gasteiger partial charge >= 0.3 is 6.61 Å². The molecular weight excluding hydrogens is 264 g/mol. The van der Waals surface area contributed by atoms with E-state index >= 15 is 0 Å². The van der Waals surface area contributed by atoms with Crippen molar-refractivity contribution in [3.8, 4) is 5.75 Å². The number of halogens is 2. The maximum absolute atomic E-state index is 12.1. The summed E-state index contributed by atoms with van der Waals surface area (Å²) in [6.07, 6.45) is 6.09. The number of alkyl halides is 2. The standard InChI is InChI=1S/C14H19F2N3O/c15-14(16)20-13-5-3-12(4-6-13)19-10-9-18(11-19)8-2-1-7-17/h3-6,9-10,14H,1-2,7-8,11,17H2. The smallest absolute Gasteiger partial charge is 0.387 e. The largest absolute Gasteiger partial charge is 0.435 e. The number of anilines is 1. The summed E-state index contributed by atoms with van der Waals surface area (Å²) in [4.78, 5) is 4.24. The Morgan fingerprint density at radius 1 is 1.15 bits per heavy atom. The number of hydrogen-bond acceptors (Lipinski definition) is 4. The number of benzene rings is 1. The molecule has 0 saturated heterocycles. The molecule has 0 aliphatic carbocycles. The molecule has 0 atom stereocenters. The fourth-order valence-electron chi connectivity index (χ4n) is 2.06. The molecule has 1 aliphatic rings. The fourth-order valence-corrected chi connectivity index (χ4v) is 2.06. The van der Waals surface area contributed by atoms with Crippen LogP contribution in [0, 0.1) is 0 Å². The van der Waals surface area contributed by atoms with E-state index in [0.29, 0.717) is 6.54 Å². The third-order valence-electron chi connectivity index (χ3n) is 3.08. The van der Waals surface area contributed by atoms with Gasteiger partial charge in [0.25, 0.3) is 0 Å². The Morgan fingerprint density at radius 2 is 1.90 bits per heavy atom. The van der Waals surface area contributed by atoms with E-state index in [-0.39, 0.29) is 5.75 Å². The first-order valence-corrected chi connectivity index (χ1v) is 6.63. The second kappa shape index (κ2) is 7.09. The lowest BCUT2D eigenvalue weighted by Crippen LogP contribution is -2.26. The monoisotopic (exact) mass is 283 g/mol. The minimum absolute atomic E-state index is 0.173. The molecule has 1 aromatic carbocycles. The van der Waals surface area contributed by atoms with Crippen LogP contribution in [0.4, 0.5) is 14.5 Å². The highest BCUT2D eigenvalue weighted by Crippen LogP contribution is 2.23. The molecule has 0 spiro atoms. The van der Waals surface area contributed by atoms with E-state index in [1.165, 1.54) is 0 Å². The molecule has 0 bridgehead atoms. The summed E-state index contributed by atoms with van der Waals surface area (Å²) in [6, 6.07) is 6.63. The van der Waals surface area contributed by atoms with Gasteiger partial charge in [-0.25, -0.2) is 0 Å². The van der Waals surface area contributed by atoms with Crippen LogP contribution in [-0.4, -0.2) is 31.3 Å². The van der Waals surface area contributed by atoms with Crippen molar-refractivity contribution in [1.29, 1.82) is 0 Å². The molecule has 2 N–H and O–H groups in total. The average Bonchev–Trinajstić information content (AvgIpc) is 2.88. The molecule has 0 radical (unpaired) electrons. The third-order valence-corrected chi connectivity index (χ3v) is 3.08. The summed E-state index contributed by atoms with van der Waals surface area (Å²) in [6.45, 7) is -0.339. The van der Waals surface area contributed by atoms with Gasteiger partial charge in [0.15, 0.2) is 0 Å². The van der Waals surface area contributed by atoms with Gasteiger partial charge in [-0.05, 0) is 43.7 Å². The van der Waals surface area contributed by atoms with E-state index in [4.69, 9.17) is 5.73 Å². The first-order valence-electron chi connectivity index (χ1n) is 6.63. The fraction of sp³-hybridized carbons (Fsp3) is 0.429. The van der Waals surface area contributed by atoms with Crippen LogP contribution >= 0.6 is 0 Å². The van der Waals surface area contributed by atoms with E-state index in [2.05, 4.69) is 14.5 Å². The number of nitrogens with zero attached hydrogens (tertiary/aromatic N) is 2.